The normalized spacial score (nSPS) is 12.0. The highest BCUT2D eigenvalue weighted by Gasteiger charge is 2.25. The SMILES string of the molecule is COC(=O)NC(C(=O)O)c1ccccc1F.NC(C(=O)O)c1ccccc1F. The number of nitrogens with one attached hydrogen (secondary N) is 1. The highest BCUT2D eigenvalue weighted by Crippen LogP contribution is 2.17. The van der Waals surface area contributed by atoms with E-state index < -0.39 is 41.7 Å². The topological polar surface area (TPSA) is 139 Å². The number of ether oxygens (including phenoxy) is 1. The van der Waals surface area contributed by atoms with Crippen LogP contribution in [0.5, 0.6) is 0 Å². The van der Waals surface area contributed by atoms with Gasteiger partial charge in [0, 0.05) is 11.1 Å². The average molecular weight is 396 g/mol. The molecule has 1 amide bonds. The van der Waals surface area contributed by atoms with Gasteiger partial charge in [-0.15, -0.1) is 0 Å². The van der Waals surface area contributed by atoms with E-state index in [9.17, 15) is 23.2 Å². The molecule has 0 aliphatic carbocycles. The summed E-state index contributed by atoms with van der Waals surface area (Å²) in [5.74, 6) is -3.89. The maximum atomic E-state index is 13.3. The Morgan fingerprint density at radius 3 is 1.79 bits per heavy atom. The quantitative estimate of drug-likeness (QED) is 0.608. The Morgan fingerprint density at radius 1 is 0.929 bits per heavy atom. The lowest BCUT2D eigenvalue weighted by Gasteiger charge is -2.14. The number of carbonyl (C=O) groups excluding carboxylic acids is 1. The smallest absolute Gasteiger partial charge is 0.407 e. The van der Waals surface area contributed by atoms with E-state index in [1.165, 1.54) is 36.4 Å². The van der Waals surface area contributed by atoms with Crippen LogP contribution < -0.4 is 11.1 Å². The number of aliphatic carboxylic acids is 2. The van der Waals surface area contributed by atoms with Gasteiger partial charge in [-0.3, -0.25) is 4.79 Å². The van der Waals surface area contributed by atoms with E-state index in [2.05, 4.69) is 4.74 Å². The van der Waals surface area contributed by atoms with Crippen molar-refractivity contribution >= 4 is 18.0 Å². The van der Waals surface area contributed by atoms with E-state index in [4.69, 9.17) is 15.9 Å². The molecule has 0 bridgehead atoms. The van der Waals surface area contributed by atoms with Gasteiger partial charge in [-0.1, -0.05) is 36.4 Å². The van der Waals surface area contributed by atoms with E-state index in [1.54, 1.807) is 6.07 Å². The number of carboxylic acid groups (broad SMARTS) is 2. The minimum absolute atomic E-state index is 0.00463. The van der Waals surface area contributed by atoms with E-state index in [0.717, 1.165) is 13.2 Å². The summed E-state index contributed by atoms with van der Waals surface area (Å²) >= 11 is 0. The summed E-state index contributed by atoms with van der Waals surface area (Å²) in [4.78, 5) is 32.1. The van der Waals surface area contributed by atoms with Gasteiger partial charge in [0.25, 0.3) is 0 Å². The Hall–Kier alpha value is -3.53. The van der Waals surface area contributed by atoms with Crippen LogP contribution in [0.4, 0.5) is 13.6 Å². The highest BCUT2D eigenvalue weighted by molar-refractivity contribution is 5.81. The molecule has 0 radical (unpaired) electrons. The summed E-state index contributed by atoms with van der Waals surface area (Å²) in [5, 5.41) is 19.3. The lowest BCUT2D eigenvalue weighted by molar-refractivity contribution is -0.140. The molecule has 0 fully saturated rings. The number of hydrogen-bond donors (Lipinski definition) is 4. The summed E-state index contributed by atoms with van der Waals surface area (Å²) < 4.78 is 30.4. The second kappa shape index (κ2) is 10.6. The van der Waals surface area contributed by atoms with Crippen molar-refractivity contribution in [1.82, 2.24) is 5.32 Å². The summed E-state index contributed by atoms with van der Waals surface area (Å²) in [6.07, 6.45) is -0.935. The number of rotatable bonds is 5. The van der Waals surface area contributed by atoms with E-state index in [-0.39, 0.29) is 11.1 Å². The third-order valence-electron chi connectivity index (χ3n) is 3.42. The average Bonchev–Trinajstić information content (AvgIpc) is 2.66. The molecule has 0 aliphatic heterocycles. The van der Waals surface area contributed by atoms with Crippen molar-refractivity contribution in [3.8, 4) is 0 Å². The van der Waals surface area contributed by atoms with Gasteiger partial charge in [0.1, 0.15) is 17.7 Å². The Labute approximate surface area is 158 Å². The Kier molecular flexibility index (Phi) is 8.50. The molecule has 2 atom stereocenters. The fraction of sp³-hybridized carbons (Fsp3) is 0.167. The number of carbonyl (C=O) groups is 3. The van der Waals surface area contributed by atoms with Crippen molar-refractivity contribution in [2.75, 3.05) is 7.11 Å². The number of hydrogen-bond acceptors (Lipinski definition) is 5. The van der Waals surface area contributed by atoms with Crippen molar-refractivity contribution in [3.63, 3.8) is 0 Å². The standard InChI is InChI=1S/C10H10FNO4.C8H8FNO2/c1-16-10(15)12-8(9(13)14)6-4-2-3-5-7(6)11;9-6-4-2-1-3-5(6)7(10)8(11)12/h2-5,8H,1H3,(H,12,15)(H,13,14);1-4,7H,10H2,(H,11,12). The Morgan fingerprint density at radius 2 is 1.39 bits per heavy atom. The van der Waals surface area contributed by atoms with Crippen molar-refractivity contribution < 1.29 is 38.1 Å². The fourth-order valence-electron chi connectivity index (χ4n) is 2.02. The van der Waals surface area contributed by atoms with Gasteiger partial charge in [0.05, 0.1) is 7.11 Å². The maximum absolute atomic E-state index is 13.3. The van der Waals surface area contributed by atoms with Crippen molar-refractivity contribution in [2.24, 2.45) is 5.73 Å². The summed E-state index contributed by atoms with van der Waals surface area (Å²) in [6.45, 7) is 0. The van der Waals surface area contributed by atoms with Gasteiger partial charge in [-0.2, -0.15) is 0 Å². The first-order valence-electron chi connectivity index (χ1n) is 7.73. The number of amides is 1. The molecule has 2 unspecified atom stereocenters. The van der Waals surface area contributed by atoms with Gasteiger partial charge < -0.3 is 26.0 Å². The van der Waals surface area contributed by atoms with E-state index >= 15 is 0 Å². The zero-order valence-electron chi connectivity index (χ0n) is 14.6. The number of benzene rings is 2. The molecule has 5 N–H and O–H groups in total. The molecule has 10 heteroatoms. The molecule has 2 rings (SSSR count). The monoisotopic (exact) mass is 396 g/mol. The predicted octanol–water partition coefficient (Wildman–Crippen LogP) is 2.22. The summed E-state index contributed by atoms with van der Waals surface area (Å²) in [6, 6.07) is 8.11. The van der Waals surface area contributed by atoms with Crippen molar-refractivity contribution in [3.05, 3.63) is 71.3 Å². The second-order valence-electron chi connectivity index (χ2n) is 5.27. The molecule has 2 aromatic rings. The van der Waals surface area contributed by atoms with Crippen LogP contribution in [0, 0.1) is 11.6 Å². The molecule has 28 heavy (non-hydrogen) atoms. The van der Waals surface area contributed by atoms with Crippen LogP contribution in [0.15, 0.2) is 48.5 Å². The van der Waals surface area contributed by atoms with Gasteiger partial charge >= 0.3 is 18.0 Å². The molecule has 0 aromatic heterocycles. The molecular formula is C18H18F2N2O6. The van der Waals surface area contributed by atoms with Gasteiger partial charge in [0.15, 0.2) is 6.04 Å². The van der Waals surface area contributed by atoms with Crippen LogP contribution in [0.2, 0.25) is 0 Å². The number of carboxylic acids is 2. The molecule has 0 saturated heterocycles. The number of nitrogens with two attached hydrogens (primary N) is 1. The minimum atomic E-state index is -1.46. The Bertz CT molecular complexity index is 846. The molecule has 0 heterocycles. The zero-order chi connectivity index (χ0) is 21.3. The van der Waals surface area contributed by atoms with Gasteiger partial charge in [0.2, 0.25) is 0 Å². The summed E-state index contributed by atoms with van der Waals surface area (Å²) in [5.41, 5.74) is 5.08. The van der Waals surface area contributed by atoms with Crippen molar-refractivity contribution in [2.45, 2.75) is 12.1 Å². The number of halogens is 2. The summed E-state index contributed by atoms with van der Waals surface area (Å²) in [7, 11) is 1.09. The van der Waals surface area contributed by atoms with E-state index in [1.807, 2.05) is 5.32 Å². The van der Waals surface area contributed by atoms with Gasteiger partial charge in [-0.25, -0.2) is 18.4 Å². The first-order valence-corrected chi connectivity index (χ1v) is 7.73. The highest BCUT2D eigenvalue weighted by atomic mass is 19.1. The van der Waals surface area contributed by atoms with Crippen LogP contribution in [-0.2, 0) is 14.3 Å². The van der Waals surface area contributed by atoms with E-state index in [0.29, 0.717) is 0 Å². The van der Waals surface area contributed by atoms with Crippen LogP contribution in [0.3, 0.4) is 0 Å². The van der Waals surface area contributed by atoms with Crippen molar-refractivity contribution in [1.29, 1.82) is 0 Å². The van der Waals surface area contributed by atoms with Crippen LogP contribution in [0.1, 0.15) is 23.2 Å². The first-order chi connectivity index (χ1) is 13.2. The molecule has 8 nitrogen and oxygen atoms in total. The van der Waals surface area contributed by atoms with Crippen LogP contribution >= 0.6 is 0 Å². The number of methoxy groups -OCH3 is 1. The molecule has 0 aliphatic rings. The predicted molar refractivity (Wildman–Crippen MR) is 93.3 cm³/mol. The second-order valence-corrected chi connectivity index (χ2v) is 5.27. The molecule has 0 saturated carbocycles. The lowest BCUT2D eigenvalue weighted by Crippen LogP contribution is -2.34. The van der Waals surface area contributed by atoms with Crippen LogP contribution in [-0.4, -0.2) is 35.4 Å². The molecule has 0 spiro atoms. The lowest BCUT2D eigenvalue weighted by atomic mass is 10.1. The molecular weight excluding hydrogens is 378 g/mol. The molecule has 2 aromatic carbocycles. The third-order valence-corrected chi connectivity index (χ3v) is 3.42. The number of alkyl carbamates (subject to hydrolysis) is 1. The fourth-order valence-corrected chi connectivity index (χ4v) is 2.02. The van der Waals surface area contributed by atoms with Gasteiger partial charge in [-0.05, 0) is 12.1 Å². The van der Waals surface area contributed by atoms with Crippen LogP contribution in [0.25, 0.3) is 0 Å². The minimum Gasteiger partial charge on any atom is -0.480 e. The Balaban J connectivity index is 0.000000292. The molecule has 150 valence electrons. The first kappa shape index (κ1) is 22.5. The largest absolute Gasteiger partial charge is 0.480 e. The third kappa shape index (κ3) is 6.32. The maximum Gasteiger partial charge on any atom is 0.407 e. The zero-order valence-corrected chi connectivity index (χ0v) is 14.6.